The Morgan fingerprint density at radius 3 is 2.37 bits per heavy atom. The summed E-state index contributed by atoms with van der Waals surface area (Å²) in [5.74, 6) is -0.984. The molecule has 0 saturated heterocycles. The van der Waals surface area contributed by atoms with E-state index in [1.165, 1.54) is 12.3 Å². The predicted octanol–water partition coefficient (Wildman–Crippen LogP) is -0.347. The molecule has 0 aromatic carbocycles. The molecule has 1 aliphatic carbocycles. The van der Waals surface area contributed by atoms with Crippen LogP contribution in [-0.4, -0.2) is 41.0 Å². The van der Waals surface area contributed by atoms with Crippen LogP contribution >= 0.6 is 0 Å². The highest BCUT2D eigenvalue weighted by Crippen LogP contribution is 2.21. The first-order valence-corrected chi connectivity index (χ1v) is 7.43. The van der Waals surface area contributed by atoms with Crippen molar-refractivity contribution < 1.29 is 18.3 Å². The molecule has 1 fully saturated rings. The third-order valence-corrected chi connectivity index (χ3v) is 4.34. The van der Waals surface area contributed by atoms with E-state index in [1.807, 2.05) is 0 Å². The average Bonchev–Trinajstić information content (AvgIpc) is 2.82. The minimum Gasteiger partial charge on any atom is -0.477 e. The topological polar surface area (TPSA) is 152 Å². The number of carboxylic acids is 1. The minimum atomic E-state index is -3.40. The lowest BCUT2D eigenvalue weighted by Crippen LogP contribution is -2.45. The second-order valence-corrected chi connectivity index (χ2v) is 6.13. The maximum Gasteiger partial charge on any atom is 0.353 e. The highest BCUT2D eigenvalue weighted by molar-refractivity contribution is 7.89. The number of aromatic amines is 1. The number of aromatic nitrogens is 2. The van der Waals surface area contributed by atoms with Crippen molar-refractivity contribution in [1.82, 2.24) is 10.2 Å². The maximum absolute atomic E-state index is 10.9. The van der Waals surface area contributed by atoms with Crippen molar-refractivity contribution in [1.29, 1.82) is 0 Å². The van der Waals surface area contributed by atoms with Gasteiger partial charge >= 0.3 is 5.97 Å². The van der Waals surface area contributed by atoms with Crippen molar-refractivity contribution in [2.75, 3.05) is 0 Å². The second kappa shape index (κ2) is 6.64. The first-order chi connectivity index (χ1) is 8.82. The van der Waals surface area contributed by atoms with Gasteiger partial charge in [-0.1, -0.05) is 12.8 Å². The minimum absolute atomic E-state index is 0.116. The molecule has 0 radical (unpaired) electrons. The molecule has 1 aromatic rings. The molecule has 2 rings (SSSR count). The Labute approximate surface area is 111 Å². The van der Waals surface area contributed by atoms with Crippen molar-refractivity contribution in [2.45, 2.75) is 37.0 Å². The average molecular weight is 290 g/mol. The molecule has 0 bridgehead atoms. The van der Waals surface area contributed by atoms with Crippen LogP contribution in [-0.2, 0) is 10.0 Å². The smallest absolute Gasteiger partial charge is 0.353 e. The third-order valence-electron chi connectivity index (χ3n) is 2.91. The Hall–Kier alpha value is -1.45. The number of nitrogens with zero attached hydrogens (tertiary/aromatic N) is 1. The Kier molecular flexibility index (Phi) is 5.45. The monoisotopic (exact) mass is 290 g/mol. The van der Waals surface area contributed by atoms with Gasteiger partial charge in [0.25, 0.3) is 0 Å². The molecule has 1 aromatic heterocycles. The van der Waals surface area contributed by atoms with Crippen LogP contribution in [0.15, 0.2) is 12.3 Å². The molecule has 0 amide bonds. The van der Waals surface area contributed by atoms with Crippen LogP contribution in [0.4, 0.5) is 0 Å². The van der Waals surface area contributed by atoms with E-state index < -0.39 is 21.2 Å². The first-order valence-electron chi connectivity index (χ1n) is 5.82. The number of sulfonamides is 1. The highest BCUT2D eigenvalue weighted by Gasteiger charge is 2.30. The number of aromatic carboxylic acids is 1. The summed E-state index contributed by atoms with van der Waals surface area (Å²) in [6, 6.07) is 1.14. The summed E-state index contributed by atoms with van der Waals surface area (Å²) in [4.78, 5) is 9.99. The van der Waals surface area contributed by atoms with Crippen molar-refractivity contribution in [3.63, 3.8) is 0 Å². The van der Waals surface area contributed by atoms with Gasteiger partial charge in [0.2, 0.25) is 10.0 Å². The molecule has 19 heavy (non-hydrogen) atoms. The number of carboxylic acid groups (broad SMARTS) is 1. The number of nitrogens with two attached hydrogens (primary N) is 2. The van der Waals surface area contributed by atoms with Gasteiger partial charge in [0.05, 0.1) is 5.25 Å². The summed E-state index contributed by atoms with van der Waals surface area (Å²) < 4.78 is 21.8. The third kappa shape index (κ3) is 4.97. The number of rotatable bonds is 2. The SMILES string of the molecule is NC1CCCCC1S(N)(=O)=O.O=C(O)c1ccn[nH]1. The lowest BCUT2D eigenvalue weighted by Gasteiger charge is -2.26. The standard InChI is InChI=1S/C6H14N2O2S.C4H4N2O2/c7-5-3-1-2-4-6(5)11(8,9)10;7-4(8)3-1-2-5-6-3/h5-6H,1-4,7H2,(H2,8,9,10);1-2H,(H,5,6)(H,7,8). The number of hydrogen-bond donors (Lipinski definition) is 4. The number of H-pyrrole nitrogens is 1. The van der Waals surface area contributed by atoms with Crippen molar-refractivity contribution in [3.05, 3.63) is 18.0 Å². The zero-order valence-corrected chi connectivity index (χ0v) is 11.1. The van der Waals surface area contributed by atoms with E-state index in [1.54, 1.807) is 0 Å². The molecule has 1 saturated carbocycles. The second-order valence-electron chi connectivity index (χ2n) is 4.35. The molecule has 108 valence electrons. The Morgan fingerprint density at radius 1 is 1.42 bits per heavy atom. The summed E-state index contributed by atoms with van der Waals surface area (Å²) in [6.07, 6.45) is 4.74. The van der Waals surface area contributed by atoms with Crippen molar-refractivity contribution in [2.24, 2.45) is 10.9 Å². The van der Waals surface area contributed by atoms with Gasteiger partial charge in [0.1, 0.15) is 5.69 Å². The van der Waals surface area contributed by atoms with Crippen LogP contribution in [0.1, 0.15) is 36.2 Å². The Bertz CT molecular complexity index is 500. The fourth-order valence-corrected chi connectivity index (χ4v) is 3.03. The van der Waals surface area contributed by atoms with Gasteiger partial charge in [0.15, 0.2) is 0 Å². The van der Waals surface area contributed by atoms with Gasteiger partial charge in [-0.3, -0.25) is 5.10 Å². The maximum atomic E-state index is 10.9. The summed E-state index contributed by atoms with van der Waals surface area (Å²) in [7, 11) is -3.40. The van der Waals surface area contributed by atoms with Crippen LogP contribution in [0.2, 0.25) is 0 Å². The largest absolute Gasteiger partial charge is 0.477 e. The highest BCUT2D eigenvalue weighted by atomic mass is 32.2. The molecule has 0 aliphatic heterocycles. The van der Waals surface area contributed by atoms with E-state index in [-0.39, 0.29) is 11.7 Å². The van der Waals surface area contributed by atoms with Crippen LogP contribution in [0.25, 0.3) is 0 Å². The summed E-state index contributed by atoms with van der Waals surface area (Å²) >= 11 is 0. The molecular weight excluding hydrogens is 272 g/mol. The fraction of sp³-hybridized carbons (Fsp3) is 0.600. The quantitative estimate of drug-likeness (QED) is 0.584. The molecule has 1 aliphatic rings. The lowest BCUT2D eigenvalue weighted by atomic mass is 9.96. The normalized spacial score (nSPS) is 23.3. The molecule has 2 atom stereocenters. The van der Waals surface area contributed by atoms with Gasteiger partial charge in [-0.25, -0.2) is 18.4 Å². The van der Waals surface area contributed by atoms with E-state index in [2.05, 4.69) is 10.2 Å². The van der Waals surface area contributed by atoms with Gasteiger partial charge in [0, 0.05) is 12.2 Å². The van der Waals surface area contributed by atoms with Crippen molar-refractivity contribution in [3.8, 4) is 0 Å². The van der Waals surface area contributed by atoms with Crippen LogP contribution in [0.3, 0.4) is 0 Å². The zero-order chi connectivity index (χ0) is 14.5. The Balaban J connectivity index is 0.000000200. The van der Waals surface area contributed by atoms with Crippen LogP contribution in [0.5, 0.6) is 0 Å². The van der Waals surface area contributed by atoms with E-state index in [0.717, 1.165) is 19.3 Å². The number of nitrogens with one attached hydrogen (secondary N) is 1. The molecule has 1 heterocycles. The molecule has 6 N–H and O–H groups in total. The van der Waals surface area contributed by atoms with Gasteiger partial charge in [-0.15, -0.1) is 0 Å². The van der Waals surface area contributed by atoms with Gasteiger partial charge in [-0.2, -0.15) is 5.10 Å². The Morgan fingerprint density at radius 2 is 2.05 bits per heavy atom. The van der Waals surface area contributed by atoms with Gasteiger partial charge < -0.3 is 10.8 Å². The van der Waals surface area contributed by atoms with Gasteiger partial charge in [-0.05, 0) is 18.9 Å². The van der Waals surface area contributed by atoms with E-state index in [9.17, 15) is 13.2 Å². The zero-order valence-electron chi connectivity index (χ0n) is 10.3. The lowest BCUT2D eigenvalue weighted by molar-refractivity contribution is 0.0690. The summed E-state index contributed by atoms with van der Waals surface area (Å²) in [5, 5.41) is 18.4. The van der Waals surface area contributed by atoms with Crippen LogP contribution < -0.4 is 10.9 Å². The fourth-order valence-electron chi connectivity index (χ4n) is 1.91. The van der Waals surface area contributed by atoms with E-state index >= 15 is 0 Å². The molecule has 8 nitrogen and oxygen atoms in total. The molecule has 2 unspecified atom stereocenters. The van der Waals surface area contributed by atoms with Crippen molar-refractivity contribution >= 4 is 16.0 Å². The number of hydrogen-bond acceptors (Lipinski definition) is 5. The predicted molar refractivity (Wildman–Crippen MR) is 68.9 cm³/mol. The number of primary sulfonamides is 1. The van der Waals surface area contributed by atoms with E-state index in [4.69, 9.17) is 16.0 Å². The van der Waals surface area contributed by atoms with E-state index in [0.29, 0.717) is 6.42 Å². The molecule has 0 spiro atoms. The first kappa shape index (κ1) is 15.6. The molecular formula is C10H18N4O4S. The number of carbonyl (C=O) groups is 1. The van der Waals surface area contributed by atoms with Crippen LogP contribution in [0, 0.1) is 0 Å². The summed E-state index contributed by atoms with van der Waals surface area (Å²) in [6.45, 7) is 0. The molecule has 9 heteroatoms. The summed E-state index contributed by atoms with van der Waals surface area (Å²) in [5.41, 5.74) is 5.72.